The number of ether oxygens (including phenoxy) is 1. The Bertz CT molecular complexity index is 477. The van der Waals surface area contributed by atoms with Crippen LogP contribution in [0, 0.1) is 0 Å². The zero-order valence-electron chi connectivity index (χ0n) is 12.0. The first-order valence-corrected chi connectivity index (χ1v) is 8.18. The first kappa shape index (κ1) is 13.9. The minimum absolute atomic E-state index is 0.144. The van der Waals surface area contributed by atoms with Gasteiger partial charge in [-0.05, 0) is 43.6 Å². The van der Waals surface area contributed by atoms with Crippen molar-refractivity contribution < 1.29 is 9.53 Å². The standard InChI is InChI=1S/C14H21N3O2S/c1-3-4-12-13(20-16-15-12)14(18)17-9-5-6-10(17)8-11(7-9)19-2/h9-11H,3-8H2,1-2H3. The zero-order valence-corrected chi connectivity index (χ0v) is 12.9. The lowest BCUT2D eigenvalue weighted by Crippen LogP contribution is -2.48. The van der Waals surface area contributed by atoms with E-state index in [1.165, 1.54) is 11.5 Å². The summed E-state index contributed by atoms with van der Waals surface area (Å²) >= 11 is 1.25. The molecule has 3 heterocycles. The molecule has 2 atom stereocenters. The van der Waals surface area contributed by atoms with Crippen LogP contribution >= 0.6 is 11.5 Å². The average molecular weight is 295 g/mol. The molecule has 6 heteroatoms. The van der Waals surface area contributed by atoms with Crippen molar-refractivity contribution in [2.45, 2.75) is 63.6 Å². The number of aromatic nitrogens is 2. The van der Waals surface area contributed by atoms with Gasteiger partial charge in [-0.15, -0.1) is 5.10 Å². The van der Waals surface area contributed by atoms with E-state index in [-0.39, 0.29) is 5.91 Å². The number of aryl methyl sites for hydroxylation is 1. The highest BCUT2D eigenvalue weighted by molar-refractivity contribution is 7.08. The molecule has 0 radical (unpaired) electrons. The SMILES string of the molecule is CCCc1nnsc1C(=O)N1C2CCC1CC(OC)C2. The van der Waals surface area contributed by atoms with Gasteiger partial charge in [-0.25, -0.2) is 0 Å². The molecular formula is C14H21N3O2S. The van der Waals surface area contributed by atoms with Crippen molar-refractivity contribution >= 4 is 17.4 Å². The highest BCUT2D eigenvalue weighted by Crippen LogP contribution is 2.38. The first-order chi connectivity index (χ1) is 9.74. The maximum absolute atomic E-state index is 12.8. The summed E-state index contributed by atoms with van der Waals surface area (Å²) in [6, 6.07) is 0.672. The molecule has 0 aromatic carbocycles. The summed E-state index contributed by atoms with van der Waals surface area (Å²) in [6.07, 6.45) is 6.27. The van der Waals surface area contributed by atoms with Gasteiger partial charge in [-0.3, -0.25) is 4.79 Å². The van der Waals surface area contributed by atoms with E-state index in [4.69, 9.17) is 4.74 Å². The van der Waals surface area contributed by atoms with Gasteiger partial charge in [-0.1, -0.05) is 17.8 Å². The Morgan fingerprint density at radius 3 is 2.70 bits per heavy atom. The Morgan fingerprint density at radius 2 is 2.10 bits per heavy atom. The number of carbonyl (C=O) groups is 1. The first-order valence-electron chi connectivity index (χ1n) is 7.41. The van der Waals surface area contributed by atoms with E-state index < -0.39 is 0 Å². The van der Waals surface area contributed by atoms with Crippen molar-refractivity contribution in [2.24, 2.45) is 0 Å². The number of amides is 1. The quantitative estimate of drug-likeness (QED) is 0.855. The van der Waals surface area contributed by atoms with Crippen LogP contribution in [-0.2, 0) is 11.2 Å². The molecule has 20 heavy (non-hydrogen) atoms. The molecule has 3 rings (SSSR count). The fourth-order valence-corrected chi connectivity index (χ4v) is 4.19. The molecule has 0 aliphatic carbocycles. The summed E-state index contributed by atoms with van der Waals surface area (Å²) in [4.78, 5) is 15.7. The monoisotopic (exact) mass is 295 g/mol. The molecule has 0 saturated carbocycles. The zero-order chi connectivity index (χ0) is 14.1. The minimum atomic E-state index is 0.144. The molecule has 2 saturated heterocycles. The molecule has 1 aromatic heterocycles. The van der Waals surface area contributed by atoms with E-state index in [1.54, 1.807) is 7.11 Å². The van der Waals surface area contributed by atoms with Crippen LogP contribution < -0.4 is 0 Å². The van der Waals surface area contributed by atoms with Crippen molar-refractivity contribution in [2.75, 3.05) is 7.11 Å². The maximum Gasteiger partial charge on any atom is 0.268 e. The summed E-state index contributed by atoms with van der Waals surface area (Å²) in [5.41, 5.74) is 0.871. The van der Waals surface area contributed by atoms with Crippen LogP contribution in [0.1, 0.15) is 54.4 Å². The van der Waals surface area contributed by atoms with Crippen molar-refractivity contribution in [1.29, 1.82) is 0 Å². The molecular weight excluding hydrogens is 274 g/mol. The van der Waals surface area contributed by atoms with Gasteiger partial charge in [0.1, 0.15) is 4.88 Å². The second kappa shape index (κ2) is 5.77. The van der Waals surface area contributed by atoms with Gasteiger partial charge in [0.05, 0.1) is 11.8 Å². The topological polar surface area (TPSA) is 55.3 Å². The molecule has 1 amide bonds. The number of hydrogen-bond donors (Lipinski definition) is 0. The highest BCUT2D eigenvalue weighted by atomic mass is 32.1. The largest absolute Gasteiger partial charge is 0.381 e. The number of nitrogens with zero attached hydrogens (tertiary/aromatic N) is 3. The molecule has 0 spiro atoms. The molecule has 5 nitrogen and oxygen atoms in total. The number of fused-ring (bicyclic) bond motifs is 2. The number of rotatable bonds is 4. The summed E-state index contributed by atoms with van der Waals surface area (Å²) in [6.45, 7) is 2.10. The fraction of sp³-hybridized carbons (Fsp3) is 0.786. The molecule has 2 fully saturated rings. The van der Waals surface area contributed by atoms with E-state index >= 15 is 0 Å². The van der Waals surface area contributed by atoms with Crippen LogP contribution in [0.4, 0.5) is 0 Å². The lowest BCUT2D eigenvalue weighted by Gasteiger charge is -2.38. The third-order valence-electron chi connectivity index (χ3n) is 4.49. The third kappa shape index (κ3) is 2.35. The van der Waals surface area contributed by atoms with Crippen molar-refractivity contribution in [3.63, 3.8) is 0 Å². The van der Waals surface area contributed by atoms with Crippen molar-refractivity contribution in [3.8, 4) is 0 Å². The van der Waals surface area contributed by atoms with Gasteiger partial charge in [0.2, 0.25) is 0 Å². The highest BCUT2D eigenvalue weighted by Gasteiger charge is 2.44. The molecule has 2 bridgehead atoms. The summed E-state index contributed by atoms with van der Waals surface area (Å²) in [7, 11) is 1.77. The second-order valence-electron chi connectivity index (χ2n) is 5.73. The average Bonchev–Trinajstić information content (AvgIpc) is 3.01. The van der Waals surface area contributed by atoms with Crippen molar-refractivity contribution in [1.82, 2.24) is 14.5 Å². The molecule has 2 unspecified atom stereocenters. The molecule has 2 aliphatic rings. The summed E-state index contributed by atoms with van der Waals surface area (Å²) in [5.74, 6) is 0.144. The maximum atomic E-state index is 12.8. The lowest BCUT2D eigenvalue weighted by molar-refractivity contribution is 0.00841. The Balaban J connectivity index is 1.79. The number of piperidine rings is 1. The van der Waals surface area contributed by atoms with Crippen LogP contribution in [0.2, 0.25) is 0 Å². The third-order valence-corrected chi connectivity index (χ3v) is 5.25. The predicted molar refractivity (Wildman–Crippen MR) is 76.9 cm³/mol. The van der Waals surface area contributed by atoms with Gasteiger partial charge < -0.3 is 9.64 Å². The second-order valence-corrected chi connectivity index (χ2v) is 6.48. The van der Waals surface area contributed by atoms with Crippen LogP contribution in [0.25, 0.3) is 0 Å². The Morgan fingerprint density at radius 1 is 1.40 bits per heavy atom. The number of methoxy groups -OCH3 is 1. The number of hydrogen-bond acceptors (Lipinski definition) is 5. The summed E-state index contributed by atoms with van der Waals surface area (Å²) in [5, 5.41) is 4.12. The van der Waals surface area contributed by atoms with E-state index in [1.807, 2.05) is 0 Å². The van der Waals surface area contributed by atoms with E-state index in [9.17, 15) is 4.79 Å². The van der Waals surface area contributed by atoms with Gasteiger partial charge in [0.15, 0.2) is 0 Å². The lowest BCUT2D eigenvalue weighted by atomic mass is 9.99. The van der Waals surface area contributed by atoms with Gasteiger partial charge in [0, 0.05) is 19.2 Å². The molecule has 110 valence electrons. The van der Waals surface area contributed by atoms with Crippen LogP contribution in [-0.4, -0.2) is 45.7 Å². The van der Waals surface area contributed by atoms with Crippen LogP contribution in [0.5, 0.6) is 0 Å². The normalized spacial score (nSPS) is 28.9. The fourth-order valence-electron chi connectivity index (χ4n) is 3.54. The number of carbonyl (C=O) groups excluding carboxylic acids is 1. The Hall–Kier alpha value is -1.01. The molecule has 0 N–H and O–H groups in total. The van der Waals surface area contributed by atoms with E-state index in [0.717, 1.165) is 49.1 Å². The van der Waals surface area contributed by atoms with Gasteiger partial charge >= 0.3 is 0 Å². The minimum Gasteiger partial charge on any atom is -0.381 e. The van der Waals surface area contributed by atoms with E-state index in [0.29, 0.717) is 18.2 Å². The van der Waals surface area contributed by atoms with E-state index in [2.05, 4.69) is 21.4 Å². The van der Waals surface area contributed by atoms with Crippen LogP contribution in [0.15, 0.2) is 0 Å². The van der Waals surface area contributed by atoms with Gasteiger partial charge in [-0.2, -0.15) is 0 Å². The smallest absolute Gasteiger partial charge is 0.268 e. The van der Waals surface area contributed by atoms with Crippen molar-refractivity contribution in [3.05, 3.63) is 10.6 Å². The Kier molecular flexibility index (Phi) is 4.03. The molecule has 1 aromatic rings. The molecule has 2 aliphatic heterocycles. The van der Waals surface area contributed by atoms with Crippen LogP contribution in [0.3, 0.4) is 0 Å². The Labute approximate surface area is 123 Å². The predicted octanol–water partition coefficient (Wildman–Crippen LogP) is 2.27. The van der Waals surface area contributed by atoms with Gasteiger partial charge in [0.25, 0.3) is 5.91 Å². The summed E-state index contributed by atoms with van der Waals surface area (Å²) < 4.78 is 9.47.